The molecule has 0 N–H and O–H groups in total. The molecule has 224 valence electrons. The van der Waals surface area contributed by atoms with E-state index in [1.54, 1.807) is 0 Å². The molecule has 0 amide bonds. The number of hydrogen-bond donors (Lipinski definition) is 0. The van der Waals surface area contributed by atoms with Gasteiger partial charge in [-0.15, -0.1) is 0 Å². The van der Waals surface area contributed by atoms with Crippen molar-refractivity contribution in [2.24, 2.45) is 0 Å². The second kappa shape index (κ2) is 10.3. The maximum atomic E-state index is 2.53. The van der Waals surface area contributed by atoms with Gasteiger partial charge in [-0.2, -0.15) is 0 Å². The van der Waals surface area contributed by atoms with Crippen LogP contribution >= 0.6 is 0 Å². The maximum Gasteiger partial charge on any atom is 0.0541 e. The van der Waals surface area contributed by atoms with Crippen LogP contribution in [0.25, 0.3) is 71.6 Å². The third-order valence-electron chi connectivity index (χ3n) is 11.2. The van der Waals surface area contributed by atoms with Crippen LogP contribution in [0.2, 0.25) is 0 Å². The highest BCUT2D eigenvalue weighted by Gasteiger charge is 2.44. The maximum absolute atomic E-state index is 2.53. The molecular weight excluding hydrogens is 567 g/mol. The van der Waals surface area contributed by atoms with Gasteiger partial charge in [-0.05, 0) is 111 Å². The van der Waals surface area contributed by atoms with Gasteiger partial charge in [0, 0.05) is 21.9 Å². The molecule has 0 atom stereocenters. The minimum absolute atomic E-state index is 0.0920. The normalized spacial score (nSPS) is 15.0. The molecule has 7 aromatic carbocycles. The zero-order valence-electron chi connectivity index (χ0n) is 26.4. The average Bonchev–Trinajstić information content (AvgIpc) is 3.61. The monoisotopic (exact) mass is 601 g/mol. The predicted molar refractivity (Wildman–Crippen MR) is 198 cm³/mol. The van der Waals surface area contributed by atoms with Crippen LogP contribution in [0.1, 0.15) is 43.2 Å². The highest BCUT2D eigenvalue weighted by molar-refractivity contribution is 6.09. The molecule has 1 fully saturated rings. The number of hydrogen-bond acceptors (Lipinski definition) is 0. The number of nitrogens with zero attached hydrogens (tertiary/aromatic N) is 1. The van der Waals surface area contributed by atoms with Crippen molar-refractivity contribution in [2.75, 3.05) is 0 Å². The summed E-state index contributed by atoms with van der Waals surface area (Å²) in [5, 5.41) is 5.19. The van der Waals surface area contributed by atoms with E-state index in [1.165, 1.54) is 115 Å². The Kier molecular flexibility index (Phi) is 5.87. The molecule has 0 unspecified atom stereocenters. The van der Waals surface area contributed by atoms with Gasteiger partial charge in [0.1, 0.15) is 0 Å². The molecular formula is C46H35N. The summed E-state index contributed by atoms with van der Waals surface area (Å²) < 4.78 is 2.40. The fourth-order valence-electron chi connectivity index (χ4n) is 8.92. The van der Waals surface area contributed by atoms with Crippen molar-refractivity contribution in [3.8, 4) is 39.1 Å². The molecule has 0 aliphatic heterocycles. The molecule has 8 aromatic rings. The molecule has 2 aliphatic carbocycles. The lowest BCUT2D eigenvalue weighted by atomic mass is 9.67. The SMILES string of the molecule is c1ccc2cc(-c3ccc4c(c3)C3(CCCCC3)c3cc(-c5ccc(-n6c7ccccc7c7ccccc76)cc5)ccc3-4)ccc2c1. The molecule has 1 nitrogen and oxygen atoms in total. The van der Waals surface area contributed by atoms with Crippen molar-refractivity contribution in [3.05, 3.63) is 163 Å². The number of para-hydroxylation sites is 2. The Bertz CT molecular complexity index is 2430. The van der Waals surface area contributed by atoms with Crippen LogP contribution in [0.4, 0.5) is 0 Å². The standard InChI is InChI=1S/C46H35N/c1-8-26-46(27-9-1)42-29-35(32-18-22-37(23-19-32)47-44-14-6-4-12-40(44)41-13-5-7-15-45(41)47)20-24-38(42)39-25-21-36(30-43(39)46)34-17-16-31-10-2-3-11-33(31)28-34/h2-7,10-25,28-30H,1,8-9,26-27H2. The van der Waals surface area contributed by atoms with Crippen LogP contribution in [0, 0.1) is 0 Å². The summed E-state index contributed by atoms with van der Waals surface area (Å²) in [4.78, 5) is 0. The first-order valence-electron chi connectivity index (χ1n) is 17.1. The minimum atomic E-state index is 0.0920. The van der Waals surface area contributed by atoms with E-state index in [-0.39, 0.29) is 5.41 Å². The van der Waals surface area contributed by atoms with Gasteiger partial charge in [-0.3, -0.25) is 0 Å². The highest BCUT2D eigenvalue weighted by Crippen LogP contribution is 2.57. The van der Waals surface area contributed by atoms with Crippen LogP contribution < -0.4 is 0 Å². The fourth-order valence-corrected chi connectivity index (χ4v) is 8.92. The summed E-state index contributed by atoms with van der Waals surface area (Å²) in [5.41, 5.74) is 14.9. The van der Waals surface area contributed by atoms with Gasteiger partial charge < -0.3 is 4.57 Å². The Morgan fingerprint density at radius 2 is 0.915 bits per heavy atom. The minimum Gasteiger partial charge on any atom is -0.309 e. The third kappa shape index (κ3) is 4.02. The van der Waals surface area contributed by atoms with Crippen molar-refractivity contribution in [2.45, 2.75) is 37.5 Å². The molecule has 1 aromatic heterocycles. The van der Waals surface area contributed by atoms with Crippen molar-refractivity contribution < 1.29 is 0 Å². The van der Waals surface area contributed by atoms with Gasteiger partial charge in [-0.1, -0.05) is 128 Å². The van der Waals surface area contributed by atoms with E-state index in [9.17, 15) is 0 Å². The summed E-state index contributed by atoms with van der Waals surface area (Å²) in [7, 11) is 0. The molecule has 1 saturated carbocycles. The van der Waals surface area contributed by atoms with Crippen molar-refractivity contribution in [1.29, 1.82) is 0 Å². The Morgan fingerprint density at radius 3 is 1.57 bits per heavy atom. The van der Waals surface area contributed by atoms with Crippen LogP contribution in [0.5, 0.6) is 0 Å². The van der Waals surface area contributed by atoms with E-state index in [2.05, 4.69) is 156 Å². The Labute approximate surface area is 275 Å². The summed E-state index contributed by atoms with van der Waals surface area (Å²) in [6.07, 6.45) is 6.36. The second-order valence-corrected chi connectivity index (χ2v) is 13.6. The molecule has 1 heteroatoms. The summed E-state index contributed by atoms with van der Waals surface area (Å²) in [5.74, 6) is 0. The lowest BCUT2D eigenvalue weighted by molar-refractivity contribution is 0.353. The fraction of sp³-hybridized carbons (Fsp3) is 0.130. The molecule has 47 heavy (non-hydrogen) atoms. The number of benzene rings is 7. The zero-order valence-corrected chi connectivity index (χ0v) is 26.4. The Balaban J connectivity index is 1.06. The van der Waals surface area contributed by atoms with Crippen LogP contribution in [0.15, 0.2) is 152 Å². The number of aromatic nitrogens is 1. The van der Waals surface area contributed by atoms with Gasteiger partial charge in [-0.25, -0.2) is 0 Å². The number of fused-ring (bicyclic) bond motifs is 9. The van der Waals surface area contributed by atoms with Crippen LogP contribution in [-0.2, 0) is 5.41 Å². The van der Waals surface area contributed by atoms with E-state index in [1.807, 2.05) is 0 Å². The van der Waals surface area contributed by atoms with E-state index in [4.69, 9.17) is 0 Å². The van der Waals surface area contributed by atoms with E-state index < -0.39 is 0 Å². The van der Waals surface area contributed by atoms with Crippen molar-refractivity contribution in [3.63, 3.8) is 0 Å². The topological polar surface area (TPSA) is 4.93 Å². The number of rotatable bonds is 3. The molecule has 0 radical (unpaired) electrons. The first-order valence-corrected chi connectivity index (χ1v) is 17.1. The Hall–Kier alpha value is -5.40. The second-order valence-electron chi connectivity index (χ2n) is 13.6. The van der Waals surface area contributed by atoms with Gasteiger partial charge in [0.05, 0.1) is 11.0 Å². The molecule has 1 spiro atoms. The molecule has 1 heterocycles. The Morgan fingerprint density at radius 1 is 0.404 bits per heavy atom. The summed E-state index contributed by atoms with van der Waals surface area (Å²) in [6, 6.07) is 56.9. The first-order chi connectivity index (χ1) is 23.3. The lowest BCUT2D eigenvalue weighted by Gasteiger charge is -2.36. The van der Waals surface area contributed by atoms with E-state index >= 15 is 0 Å². The van der Waals surface area contributed by atoms with Crippen LogP contribution in [0.3, 0.4) is 0 Å². The molecule has 2 aliphatic rings. The lowest BCUT2D eigenvalue weighted by Crippen LogP contribution is -2.28. The molecule has 10 rings (SSSR count). The first kappa shape index (κ1) is 26.8. The van der Waals surface area contributed by atoms with Crippen molar-refractivity contribution in [1.82, 2.24) is 4.57 Å². The highest BCUT2D eigenvalue weighted by atomic mass is 15.0. The van der Waals surface area contributed by atoms with Crippen molar-refractivity contribution >= 4 is 32.6 Å². The molecule has 0 saturated heterocycles. The van der Waals surface area contributed by atoms with Gasteiger partial charge in [0.2, 0.25) is 0 Å². The molecule has 0 bridgehead atoms. The predicted octanol–water partition coefficient (Wildman–Crippen LogP) is 12.5. The van der Waals surface area contributed by atoms with E-state index in [0.717, 1.165) is 0 Å². The quantitative estimate of drug-likeness (QED) is 0.190. The summed E-state index contributed by atoms with van der Waals surface area (Å²) >= 11 is 0. The smallest absolute Gasteiger partial charge is 0.0541 e. The van der Waals surface area contributed by atoms with Gasteiger partial charge in [0.25, 0.3) is 0 Å². The van der Waals surface area contributed by atoms with E-state index in [0.29, 0.717) is 0 Å². The van der Waals surface area contributed by atoms with Gasteiger partial charge >= 0.3 is 0 Å². The van der Waals surface area contributed by atoms with Crippen LogP contribution in [-0.4, -0.2) is 4.57 Å². The third-order valence-corrected chi connectivity index (χ3v) is 11.2. The largest absolute Gasteiger partial charge is 0.309 e. The zero-order chi connectivity index (χ0) is 31.0. The van der Waals surface area contributed by atoms with Gasteiger partial charge in [0.15, 0.2) is 0 Å². The summed E-state index contributed by atoms with van der Waals surface area (Å²) in [6.45, 7) is 0. The average molecular weight is 602 g/mol.